The molecule has 0 saturated carbocycles. The van der Waals surface area contributed by atoms with E-state index >= 15 is 0 Å². The van der Waals surface area contributed by atoms with Crippen molar-refractivity contribution in [3.8, 4) is 0 Å². The van der Waals surface area contributed by atoms with Crippen LogP contribution in [0.3, 0.4) is 0 Å². The highest BCUT2D eigenvalue weighted by Crippen LogP contribution is 2.35. The van der Waals surface area contributed by atoms with Crippen LogP contribution in [0.2, 0.25) is 10.0 Å². The van der Waals surface area contributed by atoms with Crippen LogP contribution in [-0.4, -0.2) is 11.9 Å². The Hall–Kier alpha value is -0.290. The molecule has 0 unspecified atom stereocenters. The quantitative estimate of drug-likeness (QED) is 0.825. The molecule has 0 aromatic heterocycles. The summed E-state index contributed by atoms with van der Waals surface area (Å²) in [5.41, 5.74) is 5.86. The van der Waals surface area contributed by atoms with Crippen LogP contribution >= 0.6 is 39.1 Å². The fourth-order valence-corrected chi connectivity index (χ4v) is 1.69. The molecule has 1 amide bonds. The summed E-state index contributed by atoms with van der Waals surface area (Å²) in [4.78, 5) is 11.3. The molecule has 82 valence electrons. The number of hydrogen-bond acceptors (Lipinski definition) is 2. The fourth-order valence-electron chi connectivity index (χ4n) is 0.869. The summed E-state index contributed by atoms with van der Waals surface area (Å²) in [6.45, 7) is 1.59. The van der Waals surface area contributed by atoms with Crippen LogP contribution in [0.15, 0.2) is 16.6 Å². The summed E-state index contributed by atoms with van der Waals surface area (Å²) in [6.07, 6.45) is 0. The van der Waals surface area contributed by atoms with Gasteiger partial charge in [0.05, 0.1) is 21.8 Å². The highest BCUT2D eigenvalue weighted by Gasteiger charge is 2.12. The molecule has 0 heterocycles. The van der Waals surface area contributed by atoms with Gasteiger partial charge in [0, 0.05) is 4.47 Å². The molecule has 1 aromatic rings. The maximum absolute atomic E-state index is 11.3. The summed E-state index contributed by atoms with van der Waals surface area (Å²) >= 11 is 15.0. The molecule has 0 saturated heterocycles. The molecule has 0 bridgehead atoms. The van der Waals surface area contributed by atoms with Gasteiger partial charge < -0.3 is 11.1 Å². The topological polar surface area (TPSA) is 55.1 Å². The SMILES string of the molecule is C[C@@H](N)C(=O)Nc1ccc(Br)c(Cl)c1Cl. The van der Waals surface area contributed by atoms with Gasteiger partial charge in [-0.3, -0.25) is 4.79 Å². The highest BCUT2D eigenvalue weighted by atomic mass is 79.9. The average molecular weight is 312 g/mol. The van der Waals surface area contributed by atoms with E-state index in [4.69, 9.17) is 28.9 Å². The van der Waals surface area contributed by atoms with Gasteiger partial charge in [0.15, 0.2) is 0 Å². The van der Waals surface area contributed by atoms with Gasteiger partial charge in [-0.2, -0.15) is 0 Å². The lowest BCUT2D eigenvalue weighted by Gasteiger charge is -2.10. The second kappa shape index (κ2) is 5.16. The highest BCUT2D eigenvalue weighted by molar-refractivity contribution is 9.10. The Morgan fingerprint density at radius 3 is 2.60 bits per heavy atom. The zero-order valence-electron chi connectivity index (χ0n) is 7.85. The smallest absolute Gasteiger partial charge is 0.241 e. The predicted molar refractivity (Wildman–Crippen MR) is 66.4 cm³/mol. The van der Waals surface area contributed by atoms with Crippen molar-refractivity contribution in [3.63, 3.8) is 0 Å². The van der Waals surface area contributed by atoms with Crippen LogP contribution < -0.4 is 11.1 Å². The van der Waals surface area contributed by atoms with Gasteiger partial charge in [0.25, 0.3) is 0 Å². The van der Waals surface area contributed by atoms with Crippen LogP contribution in [0, 0.1) is 0 Å². The van der Waals surface area contributed by atoms with E-state index in [1.54, 1.807) is 19.1 Å². The third-order valence-electron chi connectivity index (χ3n) is 1.71. The summed E-state index contributed by atoms with van der Waals surface area (Å²) in [5, 5.41) is 3.23. The summed E-state index contributed by atoms with van der Waals surface area (Å²) < 4.78 is 0.674. The summed E-state index contributed by atoms with van der Waals surface area (Å²) in [7, 11) is 0. The predicted octanol–water partition coefficient (Wildman–Crippen LogP) is 3.04. The largest absolute Gasteiger partial charge is 0.323 e. The van der Waals surface area contributed by atoms with E-state index < -0.39 is 6.04 Å². The first kappa shape index (κ1) is 12.8. The second-order valence-electron chi connectivity index (χ2n) is 3.00. The molecular weight excluding hydrogens is 303 g/mol. The zero-order chi connectivity index (χ0) is 11.6. The third-order valence-corrected chi connectivity index (χ3v) is 3.48. The number of rotatable bonds is 2. The molecule has 1 rings (SSSR count). The van der Waals surface area contributed by atoms with Gasteiger partial charge in [0.1, 0.15) is 0 Å². The standard InChI is InChI=1S/C9H9BrCl2N2O/c1-4(13)9(15)14-6-3-2-5(10)7(11)8(6)12/h2-4H,13H2,1H3,(H,14,15)/t4-/m1/s1. The molecule has 0 aliphatic carbocycles. The molecule has 0 fully saturated rings. The number of amides is 1. The van der Waals surface area contributed by atoms with E-state index in [0.717, 1.165) is 0 Å². The Kier molecular flexibility index (Phi) is 4.40. The van der Waals surface area contributed by atoms with Crippen molar-refractivity contribution in [3.05, 3.63) is 26.7 Å². The molecule has 1 atom stereocenters. The van der Waals surface area contributed by atoms with Crippen molar-refractivity contribution in [2.75, 3.05) is 5.32 Å². The monoisotopic (exact) mass is 310 g/mol. The third kappa shape index (κ3) is 3.08. The van der Waals surface area contributed by atoms with Crippen molar-refractivity contribution >= 4 is 50.7 Å². The number of nitrogens with one attached hydrogen (secondary N) is 1. The van der Waals surface area contributed by atoms with Gasteiger partial charge in [-0.15, -0.1) is 0 Å². The van der Waals surface area contributed by atoms with E-state index in [1.165, 1.54) is 0 Å². The first-order valence-corrected chi connectivity index (χ1v) is 5.68. The Bertz CT molecular complexity index is 396. The van der Waals surface area contributed by atoms with Gasteiger partial charge in [-0.25, -0.2) is 0 Å². The molecule has 3 N–H and O–H groups in total. The second-order valence-corrected chi connectivity index (χ2v) is 4.61. The maximum Gasteiger partial charge on any atom is 0.241 e. The fraction of sp³-hybridized carbons (Fsp3) is 0.222. The first-order chi connectivity index (χ1) is 6.93. The van der Waals surface area contributed by atoms with Crippen molar-refractivity contribution in [2.24, 2.45) is 5.73 Å². The first-order valence-electron chi connectivity index (χ1n) is 4.13. The number of nitrogens with two attached hydrogens (primary N) is 1. The Balaban J connectivity index is 2.97. The number of benzene rings is 1. The molecule has 3 nitrogen and oxygen atoms in total. The van der Waals surface area contributed by atoms with Crippen molar-refractivity contribution in [2.45, 2.75) is 13.0 Å². The van der Waals surface area contributed by atoms with Gasteiger partial charge in [-0.05, 0) is 35.0 Å². The van der Waals surface area contributed by atoms with Crippen LogP contribution in [0.1, 0.15) is 6.92 Å². The van der Waals surface area contributed by atoms with Crippen molar-refractivity contribution in [1.82, 2.24) is 0 Å². The minimum Gasteiger partial charge on any atom is -0.323 e. The maximum atomic E-state index is 11.3. The van der Waals surface area contributed by atoms with Crippen molar-refractivity contribution in [1.29, 1.82) is 0 Å². The lowest BCUT2D eigenvalue weighted by atomic mass is 10.3. The summed E-state index contributed by atoms with van der Waals surface area (Å²) in [6, 6.07) is 2.76. The number of carbonyl (C=O) groups excluding carboxylic acids is 1. The number of hydrogen-bond donors (Lipinski definition) is 2. The van der Waals surface area contributed by atoms with E-state index in [1.807, 2.05) is 0 Å². The van der Waals surface area contributed by atoms with Crippen LogP contribution in [-0.2, 0) is 4.79 Å². The minimum atomic E-state index is -0.594. The number of carbonyl (C=O) groups is 1. The normalized spacial score (nSPS) is 12.3. The average Bonchev–Trinajstić information content (AvgIpc) is 2.18. The number of halogens is 3. The lowest BCUT2D eigenvalue weighted by molar-refractivity contribution is -0.117. The molecule has 6 heteroatoms. The van der Waals surface area contributed by atoms with Crippen LogP contribution in [0.4, 0.5) is 5.69 Å². The summed E-state index contributed by atoms with van der Waals surface area (Å²) in [5.74, 6) is -0.310. The molecule has 0 radical (unpaired) electrons. The van der Waals surface area contributed by atoms with E-state index in [9.17, 15) is 4.79 Å². The van der Waals surface area contributed by atoms with E-state index in [-0.39, 0.29) is 5.91 Å². The Morgan fingerprint density at radius 1 is 1.47 bits per heavy atom. The van der Waals surface area contributed by atoms with E-state index in [0.29, 0.717) is 20.2 Å². The Morgan fingerprint density at radius 2 is 2.07 bits per heavy atom. The number of anilines is 1. The molecule has 0 spiro atoms. The molecule has 0 aliphatic rings. The van der Waals surface area contributed by atoms with E-state index in [2.05, 4.69) is 21.2 Å². The molecular formula is C9H9BrCl2N2O. The lowest BCUT2D eigenvalue weighted by Crippen LogP contribution is -2.32. The van der Waals surface area contributed by atoms with Gasteiger partial charge in [-0.1, -0.05) is 23.2 Å². The molecule has 0 aliphatic heterocycles. The van der Waals surface area contributed by atoms with Crippen molar-refractivity contribution < 1.29 is 4.79 Å². The zero-order valence-corrected chi connectivity index (χ0v) is 10.9. The molecule has 1 aromatic carbocycles. The van der Waals surface area contributed by atoms with Gasteiger partial charge >= 0.3 is 0 Å². The van der Waals surface area contributed by atoms with Crippen LogP contribution in [0.5, 0.6) is 0 Å². The molecule has 15 heavy (non-hydrogen) atoms. The van der Waals surface area contributed by atoms with Crippen LogP contribution in [0.25, 0.3) is 0 Å². The Labute approximate surface area is 106 Å². The minimum absolute atomic E-state index is 0.292. The van der Waals surface area contributed by atoms with Gasteiger partial charge in [0.2, 0.25) is 5.91 Å².